The van der Waals surface area contributed by atoms with Crippen LogP contribution in [0, 0.1) is 10.1 Å². The van der Waals surface area contributed by atoms with Gasteiger partial charge in [-0.15, -0.1) is 0 Å². The van der Waals surface area contributed by atoms with Crippen molar-refractivity contribution in [1.29, 1.82) is 0 Å². The summed E-state index contributed by atoms with van der Waals surface area (Å²) in [5.74, 6) is -0.112. The Morgan fingerprint density at radius 2 is 2.10 bits per heavy atom. The molecular weight excluding hydrogens is 278 g/mol. The van der Waals surface area contributed by atoms with E-state index in [9.17, 15) is 14.9 Å². The lowest BCUT2D eigenvalue weighted by molar-refractivity contribution is -0.384. The van der Waals surface area contributed by atoms with Crippen LogP contribution >= 0.6 is 11.8 Å². The van der Waals surface area contributed by atoms with Gasteiger partial charge in [0.25, 0.3) is 5.69 Å². The number of fused-ring (bicyclic) bond motifs is 1. The fraction of sp³-hybridized carbons (Fsp3) is 0.231. The molecule has 0 N–H and O–H groups in total. The second-order valence-corrected chi connectivity index (χ2v) is 5.44. The van der Waals surface area contributed by atoms with E-state index in [1.54, 1.807) is 0 Å². The minimum atomic E-state index is -0.478. The predicted octanol–water partition coefficient (Wildman–Crippen LogP) is 2.43. The van der Waals surface area contributed by atoms with E-state index in [4.69, 9.17) is 0 Å². The van der Waals surface area contributed by atoms with Crippen molar-refractivity contribution in [2.75, 3.05) is 13.1 Å². The number of nitro groups is 1. The van der Waals surface area contributed by atoms with Crippen LogP contribution in [-0.4, -0.2) is 33.9 Å². The Balaban J connectivity index is 1.88. The zero-order chi connectivity index (χ0) is 14.3. The normalized spacial score (nSPS) is 17.2. The number of nitro benzene ring substituents is 1. The number of allylic oxidation sites excluding steroid dienone is 2. The highest BCUT2D eigenvalue weighted by Crippen LogP contribution is 2.38. The van der Waals surface area contributed by atoms with Crippen LogP contribution in [0.2, 0.25) is 0 Å². The zero-order valence-electron chi connectivity index (χ0n) is 10.7. The first-order valence-corrected chi connectivity index (χ1v) is 6.89. The number of amidine groups is 1. The Labute approximate surface area is 119 Å². The van der Waals surface area contributed by atoms with Crippen LogP contribution in [0.25, 0.3) is 0 Å². The summed E-state index contributed by atoms with van der Waals surface area (Å²) >= 11 is 1.37. The van der Waals surface area contributed by atoms with E-state index in [1.165, 1.54) is 36.0 Å². The molecule has 1 aromatic carbocycles. The largest absolute Gasteiger partial charge is 0.322 e. The molecule has 1 aromatic rings. The van der Waals surface area contributed by atoms with Gasteiger partial charge >= 0.3 is 0 Å². The number of Topliss-reactive ketones (excluding diaryl/α,β-unsaturated/α-hetero) is 1. The third kappa shape index (κ3) is 2.00. The number of benzene rings is 1. The van der Waals surface area contributed by atoms with Crippen LogP contribution in [0.15, 0.2) is 39.9 Å². The smallest absolute Gasteiger partial charge is 0.269 e. The molecule has 0 unspecified atom stereocenters. The minimum Gasteiger partial charge on any atom is -0.322 e. The maximum Gasteiger partial charge on any atom is 0.269 e. The number of carbonyl (C=O) groups is 1. The third-order valence-electron chi connectivity index (χ3n) is 3.27. The van der Waals surface area contributed by atoms with Crippen molar-refractivity contribution in [2.45, 2.75) is 6.92 Å². The van der Waals surface area contributed by atoms with Crippen molar-refractivity contribution in [2.24, 2.45) is 4.99 Å². The van der Waals surface area contributed by atoms with Gasteiger partial charge in [-0.3, -0.25) is 19.9 Å². The minimum absolute atomic E-state index is 0.0173. The molecule has 20 heavy (non-hydrogen) atoms. The third-order valence-corrected chi connectivity index (χ3v) is 4.49. The summed E-state index contributed by atoms with van der Waals surface area (Å²) in [7, 11) is 0. The van der Waals surface area contributed by atoms with Gasteiger partial charge in [0.2, 0.25) is 5.78 Å². The summed E-state index contributed by atoms with van der Waals surface area (Å²) < 4.78 is 0. The number of nitrogens with zero attached hydrogens (tertiary/aromatic N) is 3. The molecule has 0 fully saturated rings. The molecule has 0 saturated heterocycles. The second kappa shape index (κ2) is 4.75. The Morgan fingerprint density at radius 3 is 2.70 bits per heavy atom. The fourth-order valence-electron chi connectivity index (χ4n) is 2.19. The molecule has 0 bridgehead atoms. The maximum atomic E-state index is 12.4. The summed E-state index contributed by atoms with van der Waals surface area (Å²) in [6.07, 6.45) is 0. The van der Waals surface area contributed by atoms with Crippen molar-refractivity contribution in [3.8, 4) is 0 Å². The van der Waals surface area contributed by atoms with Crippen LogP contribution in [0.1, 0.15) is 17.3 Å². The van der Waals surface area contributed by atoms with Crippen molar-refractivity contribution < 1.29 is 9.72 Å². The lowest BCUT2D eigenvalue weighted by Gasteiger charge is -2.11. The van der Waals surface area contributed by atoms with E-state index in [2.05, 4.69) is 4.99 Å². The molecule has 0 atom stereocenters. The van der Waals surface area contributed by atoms with Crippen molar-refractivity contribution in [1.82, 2.24) is 4.90 Å². The molecule has 3 rings (SSSR count). The highest BCUT2D eigenvalue weighted by molar-refractivity contribution is 8.18. The van der Waals surface area contributed by atoms with Gasteiger partial charge < -0.3 is 4.90 Å². The molecule has 102 valence electrons. The zero-order valence-corrected chi connectivity index (χ0v) is 11.5. The van der Waals surface area contributed by atoms with Crippen LogP contribution in [0.4, 0.5) is 5.69 Å². The molecule has 6 nitrogen and oxygen atoms in total. The van der Waals surface area contributed by atoms with E-state index in [1.807, 2.05) is 11.8 Å². The van der Waals surface area contributed by atoms with Gasteiger partial charge in [0.05, 0.1) is 16.4 Å². The molecule has 0 amide bonds. The average Bonchev–Trinajstić information content (AvgIpc) is 3.02. The van der Waals surface area contributed by atoms with Gasteiger partial charge in [0.15, 0.2) is 5.17 Å². The van der Waals surface area contributed by atoms with Crippen LogP contribution in [0.3, 0.4) is 0 Å². The summed E-state index contributed by atoms with van der Waals surface area (Å²) in [4.78, 5) is 29.6. The highest BCUT2D eigenvalue weighted by Gasteiger charge is 2.33. The fourth-order valence-corrected chi connectivity index (χ4v) is 3.33. The molecule has 2 aliphatic heterocycles. The molecule has 0 aromatic heterocycles. The summed E-state index contributed by atoms with van der Waals surface area (Å²) in [6.45, 7) is 3.48. The monoisotopic (exact) mass is 289 g/mol. The standard InChI is InChI=1S/C13H11N3O3S/c1-8-12(20-13-14-6-7-15(8)13)11(17)9-2-4-10(5-3-9)16(18)19/h2-5H,6-7H2,1H3. The van der Waals surface area contributed by atoms with Crippen molar-refractivity contribution in [3.63, 3.8) is 0 Å². The van der Waals surface area contributed by atoms with Crippen LogP contribution in [0.5, 0.6) is 0 Å². The molecule has 0 radical (unpaired) electrons. The van der Waals surface area contributed by atoms with Gasteiger partial charge in [0.1, 0.15) is 0 Å². The second-order valence-electron chi connectivity index (χ2n) is 4.47. The Bertz CT molecular complexity index is 664. The van der Waals surface area contributed by atoms with E-state index in [0.29, 0.717) is 10.5 Å². The quantitative estimate of drug-likeness (QED) is 0.485. The molecule has 0 aliphatic carbocycles. The molecule has 0 saturated carbocycles. The van der Waals surface area contributed by atoms with Crippen LogP contribution < -0.4 is 0 Å². The number of hydrogen-bond acceptors (Lipinski definition) is 6. The number of non-ortho nitro benzene ring substituents is 1. The molecule has 0 spiro atoms. The van der Waals surface area contributed by atoms with Crippen LogP contribution in [-0.2, 0) is 0 Å². The number of rotatable bonds is 3. The number of carbonyl (C=O) groups excluding carboxylic acids is 1. The molecule has 2 heterocycles. The van der Waals surface area contributed by atoms with E-state index >= 15 is 0 Å². The molecule has 7 heteroatoms. The van der Waals surface area contributed by atoms with Crippen molar-refractivity contribution in [3.05, 3.63) is 50.5 Å². The Hall–Kier alpha value is -2.15. The number of aliphatic imine (C=N–C) groups is 1. The van der Waals surface area contributed by atoms with Gasteiger partial charge in [-0.25, -0.2) is 0 Å². The predicted molar refractivity (Wildman–Crippen MR) is 76.7 cm³/mol. The van der Waals surface area contributed by atoms with Gasteiger partial charge in [-0.1, -0.05) is 0 Å². The number of hydrogen-bond donors (Lipinski definition) is 0. The van der Waals surface area contributed by atoms with Gasteiger partial charge in [0, 0.05) is 29.9 Å². The summed E-state index contributed by atoms with van der Waals surface area (Å²) in [5.41, 5.74) is 1.35. The Morgan fingerprint density at radius 1 is 1.40 bits per heavy atom. The summed E-state index contributed by atoms with van der Waals surface area (Å²) in [5, 5.41) is 11.5. The first-order valence-electron chi connectivity index (χ1n) is 6.08. The number of ketones is 1. The average molecular weight is 289 g/mol. The topological polar surface area (TPSA) is 75.8 Å². The first kappa shape index (κ1) is 12.9. The summed E-state index contributed by atoms with van der Waals surface area (Å²) in [6, 6.07) is 5.68. The first-order chi connectivity index (χ1) is 9.58. The van der Waals surface area contributed by atoms with E-state index in [-0.39, 0.29) is 11.5 Å². The van der Waals surface area contributed by atoms with Gasteiger partial charge in [-0.2, -0.15) is 0 Å². The highest BCUT2D eigenvalue weighted by atomic mass is 32.2. The molecular formula is C13H11N3O3S. The SMILES string of the molecule is CC1=C(C(=O)c2ccc([N+](=O)[O-])cc2)SC2=NCCN21. The number of thioether (sulfide) groups is 1. The Kier molecular flexibility index (Phi) is 3.06. The van der Waals surface area contributed by atoms with Gasteiger partial charge in [-0.05, 0) is 30.8 Å². The lowest BCUT2D eigenvalue weighted by atomic mass is 10.1. The van der Waals surface area contributed by atoms with E-state index < -0.39 is 4.92 Å². The van der Waals surface area contributed by atoms with Crippen molar-refractivity contribution >= 4 is 28.4 Å². The molecule has 2 aliphatic rings. The lowest BCUT2D eigenvalue weighted by Crippen LogP contribution is -2.19. The maximum absolute atomic E-state index is 12.4. The van der Waals surface area contributed by atoms with E-state index in [0.717, 1.165) is 24.0 Å².